The predicted molar refractivity (Wildman–Crippen MR) is 73.4 cm³/mol. The molecule has 8 heteroatoms. The van der Waals surface area contributed by atoms with Gasteiger partial charge in [-0.25, -0.2) is 0 Å². The Morgan fingerprint density at radius 3 is 2.81 bits per heavy atom. The summed E-state index contributed by atoms with van der Waals surface area (Å²) in [6, 6.07) is 1.60. The minimum atomic E-state index is -1.01. The van der Waals surface area contributed by atoms with Crippen LogP contribution in [-0.2, 0) is 20.9 Å². The lowest BCUT2D eigenvalue weighted by Gasteiger charge is -2.20. The second-order valence-electron chi connectivity index (χ2n) is 5.32. The van der Waals surface area contributed by atoms with Gasteiger partial charge in [0.1, 0.15) is 6.54 Å². The Morgan fingerprint density at radius 2 is 2.24 bits per heavy atom. The first-order chi connectivity index (χ1) is 9.86. The molecule has 2 heterocycles. The molecule has 0 radical (unpaired) electrons. The number of anilines is 1. The van der Waals surface area contributed by atoms with Crippen LogP contribution in [0.2, 0.25) is 0 Å². The van der Waals surface area contributed by atoms with E-state index in [2.05, 4.69) is 10.4 Å². The maximum absolute atomic E-state index is 12.1. The fourth-order valence-corrected chi connectivity index (χ4v) is 2.29. The molecular formula is C13H18N4O4. The second kappa shape index (κ2) is 5.94. The lowest BCUT2D eigenvalue weighted by Crippen LogP contribution is -2.33. The Kier molecular flexibility index (Phi) is 4.25. The molecule has 0 unspecified atom stereocenters. The molecule has 1 saturated heterocycles. The van der Waals surface area contributed by atoms with E-state index < -0.39 is 11.9 Å². The highest BCUT2D eigenvalue weighted by Gasteiger charge is 2.35. The molecule has 1 atom stereocenters. The zero-order chi connectivity index (χ0) is 15.6. The van der Waals surface area contributed by atoms with Gasteiger partial charge in [0.15, 0.2) is 5.82 Å². The van der Waals surface area contributed by atoms with Gasteiger partial charge in [-0.1, -0.05) is 0 Å². The molecule has 114 valence electrons. The molecule has 0 aliphatic carbocycles. The summed E-state index contributed by atoms with van der Waals surface area (Å²) in [7, 11) is 0. The van der Waals surface area contributed by atoms with Crippen molar-refractivity contribution in [2.24, 2.45) is 5.92 Å². The van der Waals surface area contributed by atoms with Crippen LogP contribution in [0.4, 0.5) is 5.82 Å². The summed E-state index contributed by atoms with van der Waals surface area (Å²) in [6.07, 6.45) is 1.67. The number of carboxylic acids is 1. The molecule has 1 fully saturated rings. The van der Waals surface area contributed by atoms with E-state index in [9.17, 15) is 14.4 Å². The van der Waals surface area contributed by atoms with Crippen LogP contribution in [-0.4, -0.2) is 50.2 Å². The number of aliphatic carboxylic acids is 1. The molecular weight excluding hydrogens is 276 g/mol. The van der Waals surface area contributed by atoms with Gasteiger partial charge in [-0.3, -0.25) is 19.1 Å². The lowest BCUT2D eigenvalue weighted by molar-refractivity contribution is -0.138. The third kappa shape index (κ3) is 3.59. The number of nitrogens with zero attached hydrogens (tertiary/aromatic N) is 3. The highest BCUT2D eigenvalue weighted by atomic mass is 16.4. The number of amides is 2. The molecule has 0 bridgehead atoms. The van der Waals surface area contributed by atoms with E-state index in [1.165, 1.54) is 16.9 Å². The van der Waals surface area contributed by atoms with Crippen LogP contribution in [0.1, 0.15) is 20.3 Å². The Morgan fingerprint density at radius 1 is 1.52 bits per heavy atom. The van der Waals surface area contributed by atoms with E-state index in [-0.39, 0.29) is 36.6 Å². The molecule has 0 spiro atoms. The first kappa shape index (κ1) is 15.0. The summed E-state index contributed by atoms with van der Waals surface area (Å²) in [5.41, 5.74) is 0. The molecule has 1 aliphatic rings. The van der Waals surface area contributed by atoms with Gasteiger partial charge in [0.25, 0.3) is 0 Å². The largest absolute Gasteiger partial charge is 0.480 e. The Balaban J connectivity index is 1.94. The van der Waals surface area contributed by atoms with Crippen molar-refractivity contribution >= 4 is 23.6 Å². The summed E-state index contributed by atoms with van der Waals surface area (Å²) in [5, 5.41) is 15.2. The van der Waals surface area contributed by atoms with Gasteiger partial charge < -0.3 is 15.3 Å². The minimum Gasteiger partial charge on any atom is -0.480 e. The Bertz CT molecular complexity index is 566. The molecule has 21 heavy (non-hydrogen) atoms. The van der Waals surface area contributed by atoms with Crippen LogP contribution < -0.4 is 5.32 Å². The Hall–Kier alpha value is -2.38. The van der Waals surface area contributed by atoms with Crippen LogP contribution in [0.3, 0.4) is 0 Å². The zero-order valence-electron chi connectivity index (χ0n) is 11.9. The Labute approximate surface area is 121 Å². The van der Waals surface area contributed by atoms with Crippen molar-refractivity contribution in [1.82, 2.24) is 14.7 Å². The van der Waals surface area contributed by atoms with Crippen molar-refractivity contribution in [2.45, 2.75) is 32.9 Å². The molecule has 0 saturated carbocycles. The van der Waals surface area contributed by atoms with Crippen LogP contribution >= 0.6 is 0 Å². The summed E-state index contributed by atoms with van der Waals surface area (Å²) in [6.45, 7) is 3.95. The van der Waals surface area contributed by atoms with Crippen LogP contribution in [0, 0.1) is 5.92 Å². The average molecular weight is 294 g/mol. The van der Waals surface area contributed by atoms with Gasteiger partial charge in [-0.05, 0) is 13.8 Å². The first-order valence-corrected chi connectivity index (χ1v) is 6.72. The normalized spacial score (nSPS) is 18.3. The topological polar surface area (TPSA) is 105 Å². The van der Waals surface area contributed by atoms with E-state index in [0.29, 0.717) is 6.54 Å². The summed E-state index contributed by atoms with van der Waals surface area (Å²) in [4.78, 5) is 36.1. The van der Waals surface area contributed by atoms with Crippen molar-refractivity contribution in [2.75, 3.05) is 11.9 Å². The van der Waals surface area contributed by atoms with Gasteiger partial charge in [0.05, 0.1) is 5.92 Å². The summed E-state index contributed by atoms with van der Waals surface area (Å²) in [5.74, 6) is -1.42. The smallest absolute Gasteiger partial charge is 0.325 e. The van der Waals surface area contributed by atoms with Gasteiger partial charge in [-0.15, -0.1) is 0 Å². The van der Waals surface area contributed by atoms with Crippen LogP contribution in [0.25, 0.3) is 0 Å². The molecule has 2 N–H and O–H groups in total. The fraction of sp³-hybridized carbons (Fsp3) is 0.538. The van der Waals surface area contributed by atoms with Gasteiger partial charge in [0.2, 0.25) is 11.8 Å². The van der Waals surface area contributed by atoms with Crippen molar-refractivity contribution in [3.05, 3.63) is 12.3 Å². The number of likely N-dealkylation sites (tertiary alicyclic amines) is 1. The number of hydrogen-bond acceptors (Lipinski definition) is 4. The quantitative estimate of drug-likeness (QED) is 0.805. The summed E-state index contributed by atoms with van der Waals surface area (Å²) < 4.78 is 1.22. The maximum atomic E-state index is 12.1. The van der Waals surface area contributed by atoms with E-state index in [1.54, 1.807) is 4.90 Å². The maximum Gasteiger partial charge on any atom is 0.325 e. The molecule has 1 aromatic rings. The highest BCUT2D eigenvalue weighted by molar-refractivity contribution is 5.96. The second-order valence-corrected chi connectivity index (χ2v) is 5.32. The van der Waals surface area contributed by atoms with Crippen LogP contribution in [0.5, 0.6) is 0 Å². The van der Waals surface area contributed by atoms with Crippen molar-refractivity contribution in [3.8, 4) is 0 Å². The minimum absolute atomic E-state index is 0.0263. The molecule has 1 aliphatic heterocycles. The van der Waals surface area contributed by atoms with E-state index in [1.807, 2.05) is 13.8 Å². The molecule has 2 amide bonds. The number of carbonyl (C=O) groups is 3. The number of hydrogen-bond donors (Lipinski definition) is 2. The first-order valence-electron chi connectivity index (χ1n) is 6.72. The van der Waals surface area contributed by atoms with E-state index in [4.69, 9.17) is 5.11 Å². The summed E-state index contributed by atoms with van der Waals surface area (Å²) >= 11 is 0. The fourth-order valence-electron chi connectivity index (χ4n) is 2.29. The third-order valence-corrected chi connectivity index (χ3v) is 3.34. The van der Waals surface area contributed by atoms with Crippen molar-refractivity contribution < 1.29 is 19.5 Å². The van der Waals surface area contributed by atoms with Crippen LogP contribution in [0.15, 0.2) is 12.3 Å². The highest BCUT2D eigenvalue weighted by Crippen LogP contribution is 2.21. The van der Waals surface area contributed by atoms with Gasteiger partial charge in [0, 0.05) is 31.3 Å². The SMILES string of the molecule is CC(C)N1C[C@@H](C(=O)Nc2ccn(CC(=O)O)n2)CC1=O. The number of rotatable bonds is 5. The number of aromatic nitrogens is 2. The number of nitrogens with one attached hydrogen (secondary N) is 1. The standard InChI is InChI=1S/C13H18N4O4/c1-8(2)17-6-9(5-11(17)18)13(21)14-10-3-4-16(15-10)7-12(19)20/h3-4,8-9H,5-7H2,1-2H3,(H,19,20)(H,14,15,21)/t9-/m0/s1. The number of carboxylic acid groups (broad SMARTS) is 1. The zero-order valence-corrected chi connectivity index (χ0v) is 11.9. The van der Waals surface area contributed by atoms with Crippen molar-refractivity contribution in [3.63, 3.8) is 0 Å². The monoisotopic (exact) mass is 294 g/mol. The molecule has 8 nitrogen and oxygen atoms in total. The van der Waals surface area contributed by atoms with E-state index >= 15 is 0 Å². The van der Waals surface area contributed by atoms with E-state index in [0.717, 1.165) is 0 Å². The molecule has 0 aromatic carbocycles. The van der Waals surface area contributed by atoms with Gasteiger partial charge >= 0.3 is 5.97 Å². The number of carbonyl (C=O) groups excluding carboxylic acids is 2. The van der Waals surface area contributed by atoms with Crippen molar-refractivity contribution in [1.29, 1.82) is 0 Å². The third-order valence-electron chi connectivity index (χ3n) is 3.34. The lowest BCUT2D eigenvalue weighted by atomic mass is 10.1. The molecule has 2 rings (SSSR count). The average Bonchev–Trinajstić information content (AvgIpc) is 2.95. The predicted octanol–water partition coefficient (Wildman–Crippen LogP) is 0.163. The molecule has 1 aromatic heterocycles. The van der Waals surface area contributed by atoms with Gasteiger partial charge in [-0.2, -0.15) is 5.10 Å².